The molecule has 0 fully saturated rings. The van der Waals surface area contributed by atoms with Crippen molar-refractivity contribution in [1.82, 2.24) is 10.2 Å². The Balaban J connectivity index is 1.87. The van der Waals surface area contributed by atoms with E-state index >= 15 is 0 Å². The lowest BCUT2D eigenvalue weighted by Gasteiger charge is -2.32. The third kappa shape index (κ3) is 9.19. The second-order valence-electron chi connectivity index (χ2n) is 9.74. The van der Waals surface area contributed by atoms with Gasteiger partial charge in [0, 0.05) is 38.0 Å². The highest BCUT2D eigenvalue weighted by Gasteiger charge is 2.31. The van der Waals surface area contributed by atoms with Crippen LogP contribution in [0.2, 0.25) is 0 Å². The molecule has 0 aliphatic carbocycles. The molecule has 7 nitrogen and oxygen atoms in total. The zero-order valence-corrected chi connectivity index (χ0v) is 23.9. The van der Waals surface area contributed by atoms with Gasteiger partial charge >= 0.3 is 0 Å². The molecule has 0 unspecified atom stereocenters. The van der Waals surface area contributed by atoms with Gasteiger partial charge in [-0.3, -0.25) is 13.9 Å². The lowest BCUT2D eigenvalue weighted by Crippen LogP contribution is -2.50. The predicted octanol–water partition coefficient (Wildman–Crippen LogP) is 4.93. The van der Waals surface area contributed by atoms with E-state index in [0.29, 0.717) is 17.8 Å². The summed E-state index contributed by atoms with van der Waals surface area (Å²) in [4.78, 5) is 28.6. The Labute approximate surface area is 237 Å². The van der Waals surface area contributed by atoms with Crippen LogP contribution >= 0.6 is 0 Å². The molecule has 0 aliphatic rings. The van der Waals surface area contributed by atoms with Gasteiger partial charge in [0.05, 0.1) is 11.9 Å². The van der Waals surface area contributed by atoms with E-state index in [1.807, 2.05) is 37.3 Å². The third-order valence-corrected chi connectivity index (χ3v) is 7.79. The van der Waals surface area contributed by atoms with E-state index < -0.39 is 21.9 Å². The van der Waals surface area contributed by atoms with Crippen LogP contribution in [0.1, 0.15) is 43.7 Å². The van der Waals surface area contributed by atoms with Crippen LogP contribution in [0, 0.1) is 5.82 Å². The molecule has 9 heteroatoms. The lowest BCUT2D eigenvalue weighted by molar-refractivity contribution is -0.141. The maximum absolute atomic E-state index is 14.7. The number of hydrogen-bond donors (Lipinski definition) is 1. The summed E-state index contributed by atoms with van der Waals surface area (Å²) < 4.78 is 40.9. The first kappa shape index (κ1) is 30.8. The molecule has 214 valence electrons. The van der Waals surface area contributed by atoms with Crippen molar-refractivity contribution in [2.24, 2.45) is 0 Å². The van der Waals surface area contributed by atoms with Crippen molar-refractivity contribution >= 4 is 27.5 Å². The van der Waals surface area contributed by atoms with Crippen LogP contribution in [-0.2, 0) is 32.6 Å². The maximum atomic E-state index is 14.7. The average Bonchev–Trinajstić information content (AvgIpc) is 2.94. The molecule has 40 heavy (non-hydrogen) atoms. The van der Waals surface area contributed by atoms with Gasteiger partial charge in [-0.25, -0.2) is 12.8 Å². The molecule has 0 heterocycles. The monoisotopic (exact) mass is 567 g/mol. The molecule has 0 bridgehead atoms. The summed E-state index contributed by atoms with van der Waals surface area (Å²) in [6.07, 6.45) is 3.30. The number of sulfonamides is 1. The van der Waals surface area contributed by atoms with Gasteiger partial charge in [-0.2, -0.15) is 0 Å². The molecule has 0 spiro atoms. The number of carbonyl (C=O) groups is 2. The van der Waals surface area contributed by atoms with E-state index in [0.717, 1.165) is 24.7 Å². The molecule has 0 aromatic heterocycles. The molecule has 2 amide bonds. The van der Waals surface area contributed by atoms with E-state index in [1.165, 1.54) is 15.3 Å². The summed E-state index contributed by atoms with van der Waals surface area (Å²) in [5.41, 5.74) is 1.69. The van der Waals surface area contributed by atoms with E-state index in [-0.39, 0.29) is 44.2 Å². The van der Waals surface area contributed by atoms with Gasteiger partial charge < -0.3 is 10.2 Å². The number of nitrogens with zero attached hydrogens (tertiary/aromatic N) is 2. The zero-order valence-electron chi connectivity index (χ0n) is 23.1. The highest BCUT2D eigenvalue weighted by Crippen LogP contribution is 2.20. The Morgan fingerprint density at radius 1 is 0.900 bits per heavy atom. The molecular weight excluding hydrogens is 529 g/mol. The van der Waals surface area contributed by atoms with Crippen molar-refractivity contribution in [3.05, 3.63) is 102 Å². The van der Waals surface area contributed by atoms with Gasteiger partial charge in [-0.15, -0.1) is 0 Å². The normalized spacial score (nSPS) is 12.0. The van der Waals surface area contributed by atoms with E-state index in [4.69, 9.17) is 0 Å². The van der Waals surface area contributed by atoms with Crippen molar-refractivity contribution in [3.8, 4) is 0 Å². The average molecular weight is 568 g/mol. The number of hydrogen-bond acceptors (Lipinski definition) is 4. The van der Waals surface area contributed by atoms with Crippen LogP contribution in [0.3, 0.4) is 0 Å². The second-order valence-corrected chi connectivity index (χ2v) is 11.6. The van der Waals surface area contributed by atoms with Crippen LogP contribution in [0.25, 0.3) is 0 Å². The number of rotatable bonds is 15. The third-order valence-electron chi connectivity index (χ3n) is 6.60. The van der Waals surface area contributed by atoms with Crippen LogP contribution < -0.4 is 9.62 Å². The molecule has 1 atom stereocenters. The van der Waals surface area contributed by atoms with Gasteiger partial charge in [0.25, 0.3) is 0 Å². The highest BCUT2D eigenvalue weighted by atomic mass is 32.2. The summed E-state index contributed by atoms with van der Waals surface area (Å²) in [6, 6.07) is 23.4. The fraction of sp³-hybridized carbons (Fsp3) is 0.355. The maximum Gasteiger partial charge on any atom is 0.243 e. The Morgan fingerprint density at radius 3 is 2.15 bits per heavy atom. The first-order chi connectivity index (χ1) is 19.2. The van der Waals surface area contributed by atoms with Gasteiger partial charge in [0.2, 0.25) is 21.8 Å². The van der Waals surface area contributed by atoms with Crippen LogP contribution in [0.5, 0.6) is 0 Å². The SMILES string of the molecule is CCCCNC(=O)[C@H](Cc1ccccc1)N(Cc1ccccc1F)C(=O)CCCN(c1ccccc1)S(C)(=O)=O. The quantitative estimate of drug-likeness (QED) is 0.264. The molecule has 0 saturated heterocycles. The Bertz CT molecular complexity index is 1340. The van der Waals surface area contributed by atoms with E-state index in [2.05, 4.69) is 5.32 Å². The Hall–Kier alpha value is -3.72. The van der Waals surface area contributed by atoms with Crippen LogP contribution in [0.15, 0.2) is 84.9 Å². The van der Waals surface area contributed by atoms with Gasteiger partial charge in [-0.1, -0.05) is 80.1 Å². The van der Waals surface area contributed by atoms with Crippen molar-refractivity contribution in [2.45, 2.75) is 51.6 Å². The molecule has 3 rings (SSSR count). The molecule has 3 aromatic carbocycles. The first-order valence-electron chi connectivity index (χ1n) is 13.6. The number of halogens is 1. The van der Waals surface area contributed by atoms with Crippen LogP contribution in [0.4, 0.5) is 10.1 Å². The highest BCUT2D eigenvalue weighted by molar-refractivity contribution is 7.92. The predicted molar refractivity (Wildman–Crippen MR) is 157 cm³/mol. The van der Waals surface area contributed by atoms with Crippen molar-refractivity contribution < 1.29 is 22.4 Å². The molecule has 0 saturated carbocycles. The number of para-hydroxylation sites is 1. The van der Waals surface area contributed by atoms with Crippen molar-refractivity contribution in [3.63, 3.8) is 0 Å². The Morgan fingerprint density at radius 2 is 1.52 bits per heavy atom. The molecule has 0 aliphatic heterocycles. The molecule has 0 radical (unpaired) electrons. The molecule has 1 N–H and O–H groups in total. The van der Waals surface area contributed by atoms with Gasteiger partial charge in [0.1, 0.15) is 11.9 Å². The number of carbonyl (C=O) groups excluding carboxylic acids is 2. The van der Waals surface area contributed by atoms with Crippen molar-refractivity contribution in [1.29, 1.82) is 0 Å². The number of nitrogens with one attached hydrogen (secondary N) is 1. The largest absolute Gasteiger partial charge is 0.354 e. The Kier molecular flexibility index (Phi) is 11.7. The van der Waals surface area contributed by atoms with Crippen molar-refractivity contribution in [2.75, 3.05) is 23.7 Å². The summed E-state index contributed by atoms with van der Waals surface area (Å²) in [5.74, 6) is -1.11. The van der Waals surface area contributed by atoms with E-state index in [9.17, 15) is 22.4 Å². The standard InChI is InChI=1S/C31H38FN3O4S/c1-3-4-21-33-31(37)29(23-25-14-7-5-8-15-25)34(24-26-16-11-12-19-28(26)32)30(36)20-13-22-35(40(2,38)39)27-17-9-6-10-18-27/h5-12,14-19,29H,3-4,13,20-24H2,1-2H3,(H,33,37)/t29-/m0/s1. The number of amides is 2. The molecule has 3 aromatic rings. The number of anilines is 1. The topological polar surface area (TPSA) is 86.8 Å². The fourth-order valence-corrected chi connectivity index (χ4v) is 5.43. The van der Waals surface area contributed by atoms with E-state index in [1.54, 1.807) is 48.5 Å². The summed E-state index contributed by atoms with van der Waals surface area (Å²) in [5, 5.41) is 2.94. The fourth-order valence-electron chi connectivity index (χ4n) is 4.47. The minimum Gasteiger partial charge on any atom is -0.354 e. The number of unbranched alkanes of at least 4 members (excludes halogenated alkanes) is 1. The minimum absolute atomic E-state index is 0.0131. The summed E-state index contributed by atoms with van der Waals surface area (Å²) >= 11 is 0. The second kappa shape index (κ2) is 15.2. The first-order valence-corrected chi connectivity index (χ1v) is 15.4. The van der Waals surface area contributed by atoms with Gasteiger partial charge in [-0.05, 0) is 36.6 Å². The smallest absolute Gasteiger partial charge is 0.243 e. The van der Waals surface area contributed by atoms with Gasteiger partial charge in [0.15, 0.2) is 0 Å². The summed E-state index contributed by atoms with van der Waals surface area (Å²) in [6.45, 7) is 2.51. The zero-order chi connectivity index (χ0) is 29.0. The van der Waals surface area contributed by atoms with Crippen LogP contribution in [-0.4, -0.2) is 50.5 Å². The minimum atomic E-state index is -3.58. The lowest BCUT2D eigenvalue weighted by atomic mass is 10.0. The summed E-state index contributed by atoms with van der Waals surface area (Å²) in [7, 11) is -3.58. The number of benzene rings is 3. The molecular formula is C31H38FN3O4S.